The fourth-order valence-corrected chi connectivity index (χ4v) is 2.93. The Kier molecular flexibility index (Phi) is 5.67. The van der Waals surface area contributed by atoms with Crippen LogP contribution in [-0.2, 0) is 11.4 Å². The number of benzene rings is 2. The van der Waals surface area contributed by atoms with Crippen LogP contribution < -0.4 is 15.4 Å². The van der Waals surface area contributed by atoms with Gasteiger partial charge in [0.05, 0.1) is 17.6 Å². The lowest BCUT2D eigenvalue weighted by Gasteiger charge is -2.12. The molecule has 0 aliphatic rings. The van der Waals surface area contributed by atoms with Gasteiger partial charge >= 0.3 is 6.03 Å². The normalized spacial score (nSPS) is 11.5. The van der Waals surface area contributed by atoms with Gasteiger partial charge in [0.15, 0.2) is 4.90 Å². The number of rotatable bonds is 5. The van der Waals surface area contributed by atoms with E-state index >= 15 is 0 Å². The molecule has 3 aromatic rings. The van der Waals surface area contributed by atoms with Crippen LogP contribution in [0.15, 0.2) is 78.0 Å². The number of carbonyl (C=O) groups is 1. The van der Waals surface area contributed by atoms with Gasteiger partial charge in [-0.1, -0.05) is 0 Å². The second-order valence-corrected chi connectivity index (χ2v) is 6.44. The van der Waals surface area contributed by atoms with E-state index in [9.17, 15) is 13.7 Å². The summed E-state index contributed by atoms with van der Waals surface area (Å²) < 4.78 is 27.9. The van der Waals surface area contributed by atoms with E-state index in [1.807, 2.05) is 0 Å². The van der Waals surface area contributed by atoms with E-state index in [1.165, 1.54) is 30.5 Å². The maximum absolute atomic E-state index is 12.9. The lowest BCUT2D eigenvalue weighted by Crippen LogP contribution is -2.19. The zero-order valence-corrected chi connectivity index (χ0v) is 14.3. The number of nitrogens with one attached hydrogen (secondary N) is 3. The van der Waals surface area contributed by atoms with E-state index in [1.54, 1.807) is 42.6 Å². The Balaban J connectivity index is 1.56. The molecular weight excluding hydrogens is 355 g/mol. The van der Waals surface area contributed by atoms with Gasteiger partial charge in [-0.15, -0.1) is 0 Å². The molecule has 8 heteroatoms. The SMILES string of the molecule is O=C(Nc1ccc(N[S+]([O-])c2ccc(F)cc2)cc1)Nc1cccnc1. The molecule has 1 atom stereocenters. The second kappa shape index (κ2) is 8.32. The Labute approximate surface area is 152 Å². The molecule has 0 spiro atoms. The maximum Gasteiger partial charge on any atom is 0.323 e. The smallest absolute Gasteiger partial charge is 0.323 e. The average molecular weight is 370 g/mol. The number of anilines is 3. The summed E-state index contributed by atoms with van der Waals surface area (Å²) in [5.74, 6) is -0.384. The van der Waals surface area contributed by atoms with Crippen molar-refractivity contribution in [1.29, 1.82) is 0 Å². The van der Waals surface area contributed by atoms with E-state index in [2.05, 4.69) is 20.3 Å². The van der Waals surface area contributed by atoms with Gasteiger partial charge < -0.3 is 15.2 Å². The number of amides is 2. The Hall–Kier alpha value is -3.10. The predicted molar refractivity (Wildman–Crippen MR) is 99.8 cm³/mol. The third-order valence-electron chi connectivity index (χ3n) is 3.30. The van der Waals surface area contributed by atoms with Crippen LogP contribution in [0.5, 0.6) is 0 Å². The first-order valence-electron chi connectivity index (χ1n) is 7.62. The molecule has 132 valence electrons. The summed E-state index contributed by atoms with van der Waals surface area (Å²) in [5.41, 5.74) is 1.76. The Morgan fingerprint density at radius 1 is 0.923 bits per heavy atom. The van der Waals surface area contributed by atoms with E-state index < -0.39 is 17.4 Å². The van der Waals surface area contributed by atoms with Crippen molar-refractivity contribution in [2.75, 3.05) is 15.4 Å². The fraction of sp³-hybridized carbons (Fsp3) is 0. The van der Waals surface area contributed by atoms with Crippen LogP contribution in [-0.4, -0.2) is 15.6 Å². The third-order valence-corrected chi connectivity index (χ3v) is 4.42. The lowest BCUT2D eigenvalue weighted by atomic mass is 10.3. The van der Waals surface area contributed by atoms with Gasteiger partial charge in [-0.25, -0.2) is 13.9 Å². The summed E-state index contributed by atoms with van der Waals surface area (Å²) in [7, 11) is 0. The van der Waals surface area contributed by atoms with Crippen molar-refractivity contribution >= 4 is 34.5 Å². The van der Waals surface area contributed by atoms with E-state index in [0.29, 0.717) is 22.0 Å². The van der Waals surface area contributed by atoms with Gasteiger partial charge in [0, 0.05) is 11.9 Å². The molecule has 0 fully saturated rings. The van der Waals surface area contributed by atoms with Gasteiger partial charge in [0.25, 0.3) is 0 Å². The minimum Gasteiger partial charge on any atom is -0.588 e. The number of aromatic nitrogens is 1. The number of halogens is 1. The second-order valence-electron chi connectivity index (χ2n) is 5.22. The van der Waals surface area contributed by atoms with Crippen LogP contribution in [0, 0.1) is 5.82 Å². The van der Waals surface area contributed by atoms with Crippen LogP contribution in [0.25, 0.3) is 0 Å². The van der Waals surface area contributed by atoms with Gasteiger partial charge in [-0.3, -0.25) is 4.98 Å². The minimum atomic E-state index is -1.51. The van der Waals surface area contributed by atoms with Crippen molar-refractivity contribution in [3.8, 4) is 0 Å². The highest BCUT2D eigenvalue weighted by Gasteiger charge is 2.11. The zero-order valence-electron chi connectivity index (χ0n) is 13.5. The molecule has 2 aromatic carbocycles. The first kappa shape index (κ1) is 17.7. The summed E-state index contributed by atoms with van der Waals surface area (Å²) in [5, 5.41) is 5.34. The zero-order chi connectivity index (χ0) is 18.4. The van der Waals surface area contributed by atoms with Gasteiger partial charge in [0.1, 0.15) is 17.2 Å². The first-order valence-corrected chi connectivity index (χ1v) is 8.77. The van der Waals surface area contributed by atoms with Crippen molar-refractivity contribution in [2.45, 2.75) is 4.90 Å². The molecule has 0 saturated carbocycles. The molecule has 2 amide bonds. The molecule has 3 rings (SSSR count). The lowest BCUT2D eigenvalue weighted by molar-refractivity contribution is 0.262. The molecule has 1 aromatic heterocycles. The third kappa shape index (κ3) is 4.95. The topological polar surface area (TPSA) is 89.1 Å². The highest BCUT2D eigenvalue weighted by Crippen LogP contribution is 2.19. The highest BCUT2D eigenvalue weighted by atomic mass is 32.2. The summed E-state index contributed by atoms with van der Waals surface area (Å²) in [6, 6.07) is 15.2. The van der Waals surface area contributed by atoms with Crippen LogP contribution in [0.2, 0.25) is 0 Å². The van der Waals surface area contributed by atoms with Gasteiger partial charge in [0.2, 0.25) is 0 Å². The molecule has 6 nitrogen and oxygen atoms in total. The van der Waals surface area contributed by atoms with Crippen molar-refractivity contribution in [3.05, 3.63) is 78.9 Å². The Morgan fingerprint density at radius 3 is 2.23 bits per heavy atom. The highest BCUT2D eigenvalue weighted by molar-refractivity contribution is 7.92. The fourth-order valence-electron chi connectivity index (χ4n) is 2.08. The number of urea groups is 1. The van der Waals surface area contributed by atoms with Gasteiger partial charge in [-0.05, 0) is 60.7 Å². The predicted octanol–water partition coefficient (Wildman–Crippen LogP) is 4.00. The Morgan fingerprint density at radius 2 is 1.58 bits per heavy atom. The van der Waals surface area contributed by atoms with Crippen LogP contribution in [0.4, 0.5) is 26.2 Å². The van der Waals surface area contributed by atoms with Crippen LogP contribution >= 0.6 is 0 Å². The van der Waals surface area contributed by atoms with E-state index in [-0.39, 0.29) is 5.82 Å². The number of hydrogen-bond donors (Lipinski definition) is 3. The molecule has 3 N–H and O–H groups in total. The monoisotopic (exact) mass is 370 g/mol. The molecule has 0 aliphatic heterocycles. The summed E-state index contributed by atoms with van der Waals surface area (Å²) in [6.45, 7) is 0. The largest absolute Gasteiger partial charge is 0.588 e. The molecule has 0 radical (unpaired) electrons. The number of nitrogens with zero attached hydrogens (tertiary/aromatic N) is 1. The number of carbonyl (C=O) groups excluding carboxylic acids is 1. The summed E-state index contributed by atoms with van der Waals surface area (Å²) in [6.07, 6.45) is 3.15. The van der Waals surface area contributed by atoms with Crippen LogP contribution in [0.1, 0.15) is 0 Å². The first-order chi connectivity index (χ1) is 12.6. The van der Waals surface area contributed by atoms with Crippen molar-refractivity contribution < 1.29 is 13.7 Å². The van der Waals surface area contributed by atoms with Crippen LogP contribution in [0.3, 0.4) is 0 Å². The van der Waals surface area contributed by atoms with E-state index in [4.69, 9.17) is 0 Å². The Bertz CT molecular complexity index is 861. The van der Waals surface area contributed by atoms with Gasteiger partial charge in [-0.2, -0.15) is 0 Å². The minimum absolute atomic E-state index is 0.384. The standard InChI is InChI=1S/C18H15FN4O2S/c19-13-3-9-17(10-4-13)26(25)23-15-7-5-14(6-8-15)21-18(24)22-16-2-1-11-20-12-16/h1-12,23H,(H2,21,22,24). The molecule has 1 heterocycles. The maximum atomic E-state index is 12.9. The van der Waals surface area contributed by atoms with E-state index in [0.717, 1.165) is 0 Å². The van der Waals surface area contributed by atoms with Crippen molar-refractivity contribution in [3.63, 3.8) is 0 Å². The van der Waals surface area contributed by atoms with Crippen molar-refractivity contribution in [2.24, 2.45) is 0 Å². The quantitative estimate of drug-likeness (QED) is 0.592. The summed E-state index contributed by atoms with van der Waals surface area (Å²) in [4.78, 5) is 16.3. The molecule has 26 heavy (non-hydrogen) atoms. The molecule has 0 saturated heterocycles. The average Bonchev–Trinajstić information content (AvgIpc) is 2.64. The number of hydrogen-bond acceptors (Lipinski definition) is 4. The molecule has 1 unspecified atom stereocenters. The summed E-state index contributed by atoms with van der Waals surface area (Å²) >= 11 is -1.51. The molecule has 0 bridgehead atoms. The van der Waals surface area contributed by atoms with Crippen molar-refractivity contribution in [1.82, 2.24) is 4.98 Å². The number of pyridine rings is 1. The molecule has 0 aliphatic carbocycles. The molecular formula is C18H15FN4O2S.